The summed E-state index contributed by atoms with van der Waals surface area (Å²) in [4.78, 5) is 18.6. The number of hydrogen-bond acceptors (Lipinski definition) is 4. The van der Waals surface area contributed by atoms with Crippen molar-refractivity contribution in [3.63, 3.8) is 0 Å². The topological polar surface area (TPSA) is 25.9 Å². The van der Waals surface area contributed by atoms with E-state index >= 15 is 0 Å². The van der Waals surface area contributed by atoms with E-state index in [0.717, 1.165) is 99.0 Å². The van der Waals surface area contributed by atoms with Crippen molar-refractivity contribution < 1.29 is 21.1 Å². The molecule has 4 fully saturated rings. The van der Waals surface area contributed by atoms with E-state index in [0.29, 0.717) is 24.2 Å². The number of nitrogens with zero attached hydrogens (tertiary/aromatic N) is 8. The maximum Gasteiger partial charge on any atom is 0.171 e. The first kappa shape index (κ1) is 52.4. The summed E-state index contributed by atoms with van der Waals surface area (Å²) >= 11 is 21.8. The fourth-order valence-corrected chi connectivity index (χ4v) is 9.01. The molecule has 4 rings (SSSR count). The standard InChI is InChI=1S/4C10H20N2S.Pt/c4*1-4-11-7-5-6-8-12(9(2)3)10(11)13;/h4*9H,4-8H2,1-3H3;. The maximum absolute atomic E-state index is 5.46. The van der Waals surface area contributed by atoms with Gasteiger partial charge in [-0.15, -0.1) is 0 Å². The van der Waals surface area contributed by atoms with E-state index in [-0.39, 0.29) is 21.1 Å². The monoisotopic (exact) mass is 996 g/mol. The molecule has 53 heavy (non-hydrogen) atoms. The third kappa shape index (κ3) is 18.1. The summed E-state index contributed by atoms with van der Waals surface area (Å²) in [5, 5.41) is 4.20. The maximum atomic E-state index is 5.46. The molecule has 8 nitrogen and oxygen atoms in total. The van der Waals surface area contributed by atoms with Crippen molar-refractivity contribution in [3.8, 4) is 0 Å². The Balaban J connectivity index is 0.000000676. The van der Waals surface area contributed by atoms with Gasteiger partial charge in [0.25, 0.3) is 0 Å². The van der Waals surface area contributed by atoms with Crippen LogP contribution in [0.4, 0.5) is 0 Å². The van der Waals surface area contributed by atoms with Crippen LogP contribution >= 0.6 is 48.9 Å². The van der Waals surface area contributed by atoms with Gasteiger partial charge in [-0.2, -0.15) is 0 Å². The first-order valence-corrected chi connectivity index (χ1v) is 22.5. The second kappa shape index (κ2) is 28.8. The zero-order chi connectivity index (χ0) is 39.4. The summed E-state index contributed by atoms with van der Waals surface area (Å²) < 4.78 is 0. The molecule has 13 heteroatoms. The normalized spacial score (nSPS) is 19.2. The fraction of sp³-hybridized carbons (Fsp3) is 0.900. The summed E-state index contributed by atoms with van der Waals surface area (Å²) in [5.74, 6) is 0. The first-order chi connectivity index (χ1) is 24.7. The Hall–Kier alpha value is -0.552. The van der Waals surface area contributed by atoms with Crippen LogP contribution in [0.1, 0.15) is 134 Å². The van der Waals surface area contributed by atoms with Gasteiger partial charge in [0, 0.05) is 124 Å². The number of rotatable bonds is 8. The first-order valence-electron chi connectivity index (χ1n) is 20.9. The van der Waals surface area contributed by atoms with Crippen LogP contribution in [-0.2, 0) is 21.1 Å². The third-order valence-corrected chi connectivity index (χ3v) is 12.4. The molecule has 0 aromatic heterocycles. The Bertz CT molecular complexity index is 886. The van der Waals surface area contributed by atoms with E-state index in [1.807, 2.05) is 0 Å². The minimum atomic E-state index is 0. The van der Waals surface area contributed by atoms with E-state index in [4.69, 9.17) is 48.9 Å². The van der Waals surface area contributed by atoms with Gasteiger partial charge in [-0.05, 0) is 183 Å². The molecule has 0 atom stereocenters. The molecule has 0 saturated carbocycles. The van der Waals surface area contributed by atoms with Crippen molar-refractivity contribution in [1.82, 2.24) is 39.2 Å². The Morgan fingerprint density at radius 1 is 0.340 bits per heavy atom. The summed E-state index contributed by atoms with van der Waals surface area (Å²) in [7, 11) is 0. The second-order valence-corrected chi connectivity index (χ2v) is 16.9. The zero-order valence-corrected chi connectivity index (χ0v) is 41.5. The molecular formula is C40H80N8PtS4. The molecule has 314 valence electrons. The van der Waals surface area contributed by atoms with Crippen molar-refractivity contribution in [2.75, 3.05) is 78.5 Å². The van der Waals surface area contributed by atoms with E-state index < -0.39 is 0 Å². The van der Waals surface area contributed by atoms with Crippen molar-refractivity contribution in [1.29, 1.82) is 0 Å². The molecule has 0 bridgehead atoms. The summed E-state index contributed by atoms with van der Waals surface area (Å²) in [6, 6.07) is 2.17. The molecule has 0 aliphatic carbocycles. The van der Waals surface area contributed by atoms with Crippen LogP contribution in [0.3, 0.4) is 0 Å². The SMILES string of the molecule is CCN1CCCCN(C(C)C)C1=S.CCN1CCCCN(C(C)C)C1=S.CCN1CCCCN(C(C)C)C1=S.CCN1CCCCN(C(C)C)C1=S.[Pt]. The number of thiocarbonyl (C=S) groups is 4. The summed E-state index contributed by atoms with van der Waals surface area (Å²) in [5.41, 5.74) is 0. The van der Waals surface area contributed by atoms with Gasteiger partial charge in [-0.1, -0.05) is 0 Å². The second-order valence-electron chi connectivity index (χ2n) is 15.4. The van der Waals surface area contributed by atoms with Crippen LogP contribution in [0.15, 0.2) is 0 Å². The van der Waals surface area contributed by atoms with Gasteiger partial charge >= 0.3 is 0 Å². The molecule has 4 aliphatic rings. The van der Waals surface area contributed by atoms with E-state index in [9.17, 15) is 0 Å². The molecule has 0 aromatic rings. The molecule has 0 unspecified atom stereocenters. The van der Waals surface area contributed by atoms with Crippen LogP contribution in [0, 0.1) is 0 Å². The minimum Gasteiger partial charge on any atom is -0.349 e. The molecule has 0 aromatic carbocycles. The van der Waals surface area contributed by atoms with Gasteiger partial charge in [0.15, 0.2) is 20.4 Å². The average molecular weight is 996 g/mol. The molecule has 0 amide bonds. The Morgan fingerprint density at radius 3 is 0.623 bits per heavy atom. The van der Waals surface area contributed by atoms with E-state index in [1.54, 1.807) is 0 Å². The van der Waals surface area contributed by atoms with Crippen LogP contribution in [0.2, 0.25) is 0 Å². The molecule has 0 radical (unpaired) electrons. The Labute approximate surface area is 364 Å². The average Bonchev–Trinajstić information content (AvgIpc) is 3.59. The Kier molecular flexibility index (Phi) is 28.5. The summed E-state index contributed by atoms with van der Waals surface area (Å²) in [6.07, 6.45) is 10.2. The van der Waals surface area contributed by atoms with Crippen molar-refractivity contribution in [2.45, 2.75) is 159 Å². The van der Waals surface area contributed by atoms with Gasteiger partial charge < -0.3 is 39.2 Å². The zero-order valence-electron chi connectivity index (χ0n) is 36.0. The van der Waals surface area contributed by atoms with Crippen LogP contribution < -0.4 is 0 Å². The van der Waals surface area contributed by atoms with Crippen LogP contribution in [0.25, 0.3) is 0 Å². The van der Waals surface area contributed by atoms with E-state index in [2.05, 4.69) is 122 Å². The van der Waals surface area contributed by atoms with Crippen molar-refractivity contribution in [2.24, 2.45) is 0 Å². The van der Waals surface area contributed by atoms with Gasteiger partial charge in [0.05, 0.1) is 0 Å². The molecule has 4 aliphatic heterocycles. The number of hydrogen-bond donors (Lipinski definition) is 0. The molecule has 0 spiro atoms. The van der Waals surface area contributed by atoms with Gasteiger partial charge in [0.1, 0.15) is 0 Å². The third-order valence-electron chi connectivity index (χ3n) is 10.4. The van der Waals surface area contributed by atoms with Gasteiger partial charge in [-0.3, -0.25) is 0 Å². The van der Waals surface area contributed by atoms with Gasteiger partial charge in [-0.25, -0.2) is 0 Å². The minimum absolute atomic E-state index is 0. The Morgan fingerprint density at radius 2 is 0.491 bits per heavy atom. The fourth-order valence-electron chi connectivity index (χ4n) is 6.92. The van der Waals surface area contributed by atoms with Crippen molar-refractivity contribution >= 4 is 69.3 Å². The van der Waals surface area contributed by atoms with Crippen LogP contribution in [0.5, 0.6) is 0 Å². The molecule has 4 heterocycles. The van der Waals surface area contributed by atoms with Gasteiger partial charge in [0.2, 0.25) is 0 Å². The quantitative estimate of drug-likeness (QED) is 0.219. The van der Waals surface area contributed by atoms with Crippen LogP contribution in [-0.4, -0.2) is 162 Å². The summed E-state index contributed by atoms with van der Waals surface area (Å²) in [6.45, 7) is 39.7. The predicted molar refractivity (Wildman–Crippen MR) is 244 cm³/mol. The van der Waals surface area contributed by atoms with E-state index in [1.165, 1.54) is 51.4 Å². The molecule has 4 saturated heterocycles. The largest absolute Gasteiger partial charge is 0.349 e. The van der Waals surface area contributed by atoms with Crippen molar-refractivity contribution in [3.05, 3.63) is 0 Å². The smallest absolute Gasteiger partial charge is 0.171 e. The molecular weight excluding hydrogens is 916 g/mol. The predicted octanol–water partition coefficient (Wildman–Crippen LogP) is 8.39. The molecule has 0 N–H and O–H groups in total.